The van der Waals surface area contributed by atoms with Crippen molar-refractivity contribution in [1.29, 1.82) is 0 Å². The van der Waals surface area contributed by atoms with Crippen LogP contribution in [0, 0.1) is 6.92 Å². The van der Waals surface area contributed by atoms with E-state index < -0.39 is 0 Å². The van der Waals surface area contributed by atoms with Crippen molar-refractivity contribution in [1.82, 2.24) is 4.98 Å². The molecular weight excluding hydrogens is 471 g/mol. The fraction of sp³-hybridized carbons (Fsp3) is 0.0370. The van der Waals surface area contributed by atoms with Gasteiger partial charge in [0.15, 0.2) is 5.58 Å². The number of nitrogens with zero attached hydrogens (tertiary/aromatic N) is 1. The van der Waals surface area contributed by atoms with E-state index in [9.17, 15) is 4.79 Å². The van der Waals surface area contributed by atoms with Crippen LogP contribution in [-0.4, -0.2) is 10.9 Å². The zero-order valence-corrected chi connectivity index (χ0v) is 19.5. The van der Waals surface area contributed by atoms with Gasteiger partial charge in [-0.25, -0.2) is 4.98 Å². The Morgan fingerprint density at radius 2 is 1.71 bits per heavy atom. The Labute approximate surface area is 205 Å². The van der Waals surface area contributed by atoms with Gasteiger partial charge >= 0.3 is 0 Å². The number of benzene rings is 3. The highest BCUT2D eigenvalue weighted by Crippen LogP contribution is 2.31. The lowest BCUT2D eigenvalue weighted by Crippen LogP contribution is -2.08. The van der Waals surface area contributed by atoms with E-state index >= 15 is 0 Å². The summed E-state index contributed by atoms with van der Waals surface area (Å²) < 4.78 is 11.7. The molecule has 5 rings (SSSR count). The largest absolute Gasteiger partial charge is 0.457 e. The maximum absolute atomic E-state index is 12.5. The van der Waals surface area contributed by atoms with Gasteiger partial charge in [-0.05, 0) is 85.3 Å². The van der Waals surface area contributed by atoms with Crippen molar-refractivity contribution in [2.45, 2.75) is 6.92 Å². The van der Waals surface area contributed by atoms with Crippen molar-refractivity contribution in [3.05, 3.63) is 100 Å². The number of fused-ring (bicyclic) bond motifs is 1. The first-order valence-corrected chi connectivity index (χ1v) is 11.2. The maximum Gasteiger partial charge on any atom is 0.248 e. The molecule has 2 heterocycles. The summed E-state index contributed by atoms with van der Waals surface area (Å²) in [6, 6.07) is 22.0. The number of anilines is 1. The summed E-state index contributed by atoms with van der Waals surface area (Å²) in [5.41, 5.74) is 4.62. The van der Waals surface area contributed by atoms with Gasteiger partial charge in [0.25, 0.3) is 0 Å². The third-order valence-corrected chi connectivity index (χ3v) is 5.75. The first kappa shape index (κ1) is 22.0. The number of oxazole rings is 1. The zero-order chi connectivity index (χ0) is 23.7. The Bertz CT molecular complexity index is 1530. The van der Waals surface area contributed by atoms with Gasteiger partial charge in [-0.2, -0.15) is 0 Å². The molecule has 1 amide bonds. The van der Waals surface area contributed by atoms with Gasteiger partial charge in [-0.15, -0.1) is 0 Å². The SMILES string of the molecule is Cc1ccc2oc(-c3ccc(Cl)c(NC(=O)/C=C/c4ccc(-c5ccc(Cl)cc5)o4)c3)nc2c1. The minimum atomic E-state index is -0.350. The Hall–Kier alpha value is -3.80. The second-order valence-corrected chi connectivity index (χ2v) is 8.56. The Kier molecular flexibility index (Phi) is 5.97. The molecule has 2 aromatic heterocycles. The van der Waals surface area contributed by atoms with Crippen LogP contribution in [0.3, 0.4) is 0 Å². The van der Waals surface area contributed by atoms with Crippen molar-refractivity contribution < 1.29 is 13.6 Å². The maximum atomic E-state index is 12.5. The number of rotatable bonds is 5. The van der Waals surface area contributed by atoms with E-state index in [2.05, 4.69) is 10.3 Å². The Balaban J connectivity index is 1.31. The molecule has 168 valence electrons. The molecule has 0 atom stereocenters. The van der Waals surface area contributed by atoms with Crippen LogP contribution in [0.1, 0.15) is 11.3 Å². The van der Waals surface area contributed by atoms with Crippen molar-refractivity contribution >= 4 is 52.0 Å². The summed E-state index contributed by atoms with van der Waals surface area (Å²) in [5.74, 6) is 1.33. The summed E-state index contributed by atoms with van der Waals surface area (Å²) in [6.07, 6.45) is 2.98. The smallest absolute Gasteiger partial charge is 0.248 e. The first-order valence-electron chi connectivity index (χ1n) is 10.5. The second kappa shape index (κ2) is 9.21. The third-order valence-electron chi connectivity index (χ3n) is 5.17. The zero-order valence-electron chi connectivity index (χ0n) is 18.0. The van der Waals surface area contributed by atoms with Crippen LogP contribution in [0.25, 0.3) is 40.0 Å². The number of amides is 1. The number of halogens is 2. The van der Waals surface area contributed by atoms with Crippen molar-refractivity contribution in [3.8, 4) is 22.8 Å². The molecule has 0 aliphatic rings. The Morgan fingerprint density at radius 1 is 0.912 bits per heavy atom. The monoisotopic (exact) mass is 488 g/mol. The molecule has 5 aromatic rings. The number of carbonyl (C=O) groups excluding carboxylic acids is 1. The average molecular weight is 489 g/mol. The van der Waals surface area contributed by atoms with Gasteiger partial charge in [0.05, 0.1) is 10.7 Å². The molecule has 0 unspecified atom stereocenters. The molecule has 3 aromatic carbocycles. The number of nitrogens with one attached hydrogen (secondary N) is 1. The first-order chi connectivity index (χ1) is 16.4. The minimum absolute atomic E-state index is 0.350. The van der Waals surface area contributed by atoms with Crippen molar-refractivity contribution in [3.63, 3.8) is 0 Å². The summed E-state index contributed by atoms with van der Waals surface area (Å²) >= 11 is 12.2. The molecule has 0 fully saturated rings. The summed E-state index contributed by atoms with van der Waals surface area (Å²) in [6.45, 7) is 2.00. The van der Waals surface area contributed by atoms with Crippen LogP contribution in [0.15, 0.2) is 87.7 Å². The molecular formula is C27H18Cl2N2O3. The van der Waals surface area contributed by atoms with Crippen LogP contribution in [0.2, 0.25) is 10.0 Å². The number of aryl methyl sites for hydroxylation is 1. The topological polar surface area (TPSA) is 68.3 Å². The van der Waals surface area contributed by atoms with E-state index in [0.29, 0.717) is 44.3 Å². The van der Waals surface area contributed by atoms with Gasteiger partial charge in [0.2, 0.25) is 11.8 Å². The van der Waals surface area contributed by atoms with Crippen LogP contribution >= 0.6 is 23.2 Å². The van der Waals surface area contributed by atoms with Gasteiger partial charge in [-0.1, -0.05) is 29.3 Å². The lowest BCUT2D eigenvalue weighted by Gasteiger charge is -2.06. The number of hydrogen-bond donors (Lipinski definition) is 1. The van der Waals surface area contributed by atoms with E-state index in [1.54, 1.807) is 42.5 Å². The predicted octanol–water partition coefficient (Wildman–Crippen LogP) is 8.02. The molecule has 0 aliphatic carbocycles. The van der Waals surface area contributed by atoms with Gasteiger partial charge in [0.1, 0.15) is 17.0 Å². The fourth-order valence-corrected chi connectivity index (χ4v) is 3.75. The van der Waals surface area contributed by atoms with Crippen LogP contribution < -0.4 is 5.32 Å². The highest BCUT2D eigenvalue weighted by Gasteiger charge is 2.12. The number of carbonyl (C=O) groups is 1. The quantitative estimate of drug-likeness (QED) is 0.254. The molecule has 0 saturated carbocycles. The van der Waals surface area contributed by atoms with E-state index in [4.69, 9.17) is 32.0 Å². The molecule has 0 bridgehead atoms. The minimum Gasteiger partial charge on any atom is -0.457 e. The van der Waals surface area contributed by atoms with Crippen molar-refractivity contribution in [2.75, 3.05) is 5.32 Å². The summed E-state index contributed by atoms with van der Waals surface area (Å²) in [7, 11) is 0. The van der Waals surface area contributed by atoms with Gasteiger partial charge < -0.3 is 14.2 Å². The number of aromatic nitrogens is 1. The van der Waals surface area contributed by atoms with E-state index in [1.165, 1.54) is 6.08 Å². The average Bonchev–Trinajstić information content (AvgIpc) is 3.46. The standard InChI is InChI=1S/C27H18Cl2N2O3/c1-16-2-11-25-23(14-16)31-27(34-25)18-5-10-21(29)22(15-18)30-26(32)13-9-20-8-12-24(33-20)17-3-6-19(28)7-4-17/h2-15H,1H3,(H,30,32)/b13-9+. The molecule has 0 saturated heterocycles. The number of furan rings is 1. The number of hydrogen-bond acceptors (Lipinski definition) is 4. The van der Waals surface area contributed by atoms with Crippen LogP contribution in [0.5, 0.6) is 0 Å². The predicted molar refractivity (Wildman–Crippen MR) is 136 cm³/mol. The lowest BCUT2D eigenvalue weighted by molar-refractivity contribution is -0.111. The van der Waals surface area contributed by atoms with Crippen LogP contribution in [0.4, 0.5) is 5.69 Å². The molecule has 5 nitrogen and oxygen atoms in total. The molecule has 0 radical (unpaired) electrons. The molecule has 0 spiro atoms. The Morgan fingerprint density at radius 3 is 2.53 bits per heavy atom. The fourth-order valence-electron chi connectivity index (χ4n) is 3.46. The van der Waals surface area contributed by atoms with E-state index in [1.807, 2.05) is 43.3 Å². The van der Waals surface area contributed by atoms with Gasteiger partial charge in [-0.3, -0.25) is 4.79 Å². The highest BCUT2D eigenvalue weighted by molar-refractivity contribution is 6.34. The second-order valence-electron chi connectivity index (χ2n) is 7.72. The van der Waals surface area contributed by atoms with Crippen molar-refractivity contribution in [2.24, 2.45) is 0 Å². The summed E-state index contributed by atoms with van der Waals surface area (Å²) in [5, 5.41) is 3.85. The molecule has 7 heteroatoms. The molecule has 0 aliphatic heterocycles. The lowest BCUT2D eigenvalue weighted by atomic mass is 10.2. The normalized spacial score (nSPS) is 11.4. The highest BCUT2D eigenvalue weighted by atomic mass is 35.5. The molecule has 1 N–H and O–H groups in total. The third kappa shape index (κ3) is 4.76. The van der Waals surface area contributed by atoms with E-state index in [0.717, 1.165) is 16.6 Å². The molecule has 34 heavy (non-hydrogen) atoms. The van der Waals surface area contributed by atoms with E-state index in [-0.39, 0.29) is 5.91 Å². The van der Waals surface area contributed by atoms with Gasteiger partial charge in [0, 0.05) is 22.2 Å². The van der Waals surface area contributed by atoms with Crippen LogP contribution in [-0.2, 0) is 4.79 Å². The summed E-state index contributed by atoms with van der Waals surface area (Å²) in [4.78, 5) is 17.1.